The Morgan fingerprint density at radius 3 is 2.29 bits per heavy atom. The molecule has 0 amide bonds. The lowest BCUT2D eigenvalue weighted by molar-refractivity contribution is 0.0908. The summed E-state index contributed by atoms with van der Waals surface area (Å²) in [6.45, 7) is 0.520. The molecule has 0 radical (unpaired) electrons. The summed E-state index contributed by atoms with van der Waals surface area (Å²) < 4.78 is 5.99. The van der Waals surface area contributed by atoms with Gasteiger partial charge >= 0.3 is 0 Å². The number of ether oxygens (including phenoxy) is 1. The molecule has 1 aliphatic carbocycles. The third-order valence-corrected chi connectivity index (χ3v) is 7.13. The summed E-state index contributed by atoms with van der Waals surface area (Å²) in [5.74, 6) is 0.826. The highest BCUT2D eigenvalue weighted by Crippen LogP contribution is 2.46. The van der Waals surface area contributed by atoms with Crippen LogP contribution in [-0.2, 0) is 0 Å². The van der Waals surface area contributed by atoms with Crippen LogP contribution < -0.4 is 4.74 Å². The van der Waals surface area contributed by atoms with Gasteiger partial charge in [-0.05, 0) is 78.8 Å². The Morgan fingerprint density at radius 1 is 0.839 bits per heavy atom. The standard InChI is InChI=1S/C25H20Cl4O2/c26-17-6-8-18(9-7-17)31-14-15-11-20(16-5-10-23(28)24(29)13-16)21(12-15)25(30)19-3-1-2-4-22(19)27/h1-10,13,15,20-21H,11-12,14H2/t15-,20?,21?/m0/s1. The molecule has 160 valence electrons. The highest BCUT2D eigenvalue weighted by Gasteiger charge is 2.40. The lowest BCUT2D eigenvalue weighted by Crippen LogP contribution is -2.18. The molecule has 1 fully saturated rings. The van der Waals surface area contributed by atoms with Crippen molar-refractivity contribution in [3.05, 3.63) is 97.9 Å². The van der Waals surface area contributed by atoms with Crippen molar-refractivity contribution in [2.45, 2.75) is 18.8 Å². The first-order chi connectivity index (χ1) is 14.9. The van der Waals surface area contributed by atoms with E-state index in [2.05, 4.69) is 0 Å². The van der Waals surface area contributed by atoms with Crippen LogP contribution in [0.25, 0.3) is 0 Å². The zero-order valence-corrected chi connectivity index (χ0v) is 19.6. The number of hydrogen-bond acceptors (Lipinski definition) is 2. The van der Waals surface area contributed by atoms with Crippen LogP contribution in [0.3, 0.4) is 0 Å². The molecule has 3 aromatic carbocycles. The number of ketones is 1. The van der Waals surface area contributed by atoms with E-state index in [4.69, 9.17) is 51.1 Å². The Balaban J connectivity index is 1.58. The number of carbonyl (C=O) groups excluding carboxylic acids is 1. The Hall–Kier alpha value is -1.71. The van der Waals surface area contributed by atoms with E-state index in [1.807, 2.05) is 36.4 Å². The Morgan fingerprint density at radius 2 is 1.58 bits per heavy atom. The van der Waals surface area contributed by atoms with Gasteiger partial charge in [-0.15, -0.1) is 0 Å². The van der Waals surface area contributed by atoms with Gasteiger partial charge in [0.25, 0.3) is 0 Å². The Bertz CT molecular complexity index is 1080. The van der Waals surface area contributed by atoms with Gasteiger partial charge in [0.05, 0.1) is 21.7 Å². The summed E-state index contributed by atoms with van der Waals surface area (Å²) in [7, 11) is 0. The topological polar surface area (TPSA) is 26.3 Å². The first-order valence-corrected chi connectivity index (χ1v) is 11.6. The quantitative estimate of drug-likeness (QED) is 0.322. The van der Waals surface area contributed by atoms with Gasteiger partial charge in [-0.2, -0.15) is 0 Å². The highest BCUT2D eigenvalue weighted by atomic mass is 35.5. The second-order valence-electron chi connectivity index (χ2n) is 7.83. The predicted octanol–water partition coefficient (Wildman–Crippen LogP) is 8.37. The lowest BCUT2D eigenvalue weighted by atomic mass is 9.84. The second kappa shape index (κ2) is 9.83. The van der Waals surface area contributed by atoms with Crippen molar-refractivity contribution in [3.8, 4) is 5.75 Å². The molecule has 0 spiro atoms. The molecular weight excluding hydrogens is 474 g/mol. The maximum absolute atomic E-state index is 13.5. The number of hydrogen-bond donors (Lipinski definition) is 0. The Kier molecular flexibility index (Phi) is 7.13. The number of Topliss-reactive ketones (excluding diaryl/α,β-unsaturated/α-hetero) is 1. The third-order valence-electron chi connectivity index (χ3n) is 5.81. The molecule has 0 N–H and O–H groups in total. The molecule has 3 atom stereocenters. The molecular formula is C25H20Cl4O2. The van der Waals surface area contributed by atoms with Crippen molar-refractivity contribution in [3.63, 3.8) is 0 Å². The Labute approximate surface area is 202 Å². The average Bonchev–Trinajstić information content (AvgIpc) is 3.19. The molecule has 0 saturated heterocycles. The molecule has 2 nitrogen and oxygen atoms in total. The maximum atomic E-state index is 13.5. The van der Waals surface area contributed by atoms with E-state index in [1.54, 1.807) is 30.3 Å². The van der Waals surface area contributed by atoms with E-state index >= 15 is 0 Å². The summed E-state index contributed by atoms with van der Waals surface area (Å²) in [5.41, 5.74) is 1.56. The average molecular weight is 494 g/mol. The van der Waals surface area contributed by atoms with Crippen molar-refractivity contribution in [1.29, 1.82) is 0 Å². The van der Waals surface area contributed by atoms with Crippen LogP contribution in [0.2, 0.25) is 20.1 Å². The van der Waals surface area contributed by atoms with Crippen LogP contribution in [0.4, 0.5) is 0 Å². The summed E-state index contributed by atoms with van der Waals surface area (Å²) in [6, 6.07) is 20.1. The van der Waals surface area contributed by atoms with Crippen LogP contribution in [0.15, 0.2) is 66.7 Å². The molecule has 1 aliphatic rings. The lowest BCUT2D eigenvalue weighted by Gasteiger charge is -2.20. The smallest absolute Gasteiger partial charge is 0.168 e. The van der Waals surface area contributed by atoms with Crippen molar-refractivity contribution >= 4 is 52.2 Å². The molecule has 2 unspecified atom stereocenters. The first kappa shape index (κ1) is 22.5. The minimum absolute atomic E-state index is 0.0114. The van der Waals surface area contributed by atoms with E-state index in [0.29, 0.717) is 38.7 Å². The molecule has 6 heteroatoms. The molecule has 31 heavy (non-hydrogen) atoms. The van der Waals surface area contributed by atoms with Gasteiger partial charge in [-0.3, -0.25) is 4.79 Å². The molecule has 3 aromatic rings. The summed E-state index contributed by atoms with van der Waals surface area (Å²) >= 11 is 24.7. The number of carbonyl (C=O) groups is 1. The van der Waals surface area contributed by atoms with Gasteiger partial charge in [-0.25, -0.2) is 0 Å². The van der Waals surface area contributed by atoms with E-state index in [1.165, 1.54) is 0 Å². The second-order valence-corrected chi connectivity index (χ2v) is 9.49. The van der Waals surface area contributed by atoms with Gasteiger partial charge in [0.1, 0.15) is 5.75 Å². The van der Waals surface area contributed by atoms with E-state index in [-0.39, 0.29) is 23.5 Å². The van der Waals surface area contributed by atoms with Gasteiger partial charge in [-0.1, -0.05) is 64.6 Å². The van der Waals surface area contributed by atoms with Crippen molar-refractivity contribution in [2.24, 2.45) is 11.8 Å². The summed E-state index contributed by atoms with van der Waals surface area (Å²) in [5, 5.41) is 2.13. The van der Waals surface area contributed by atoms with Crippen LogP contribution in [0, 0.1) is 11.8 Å². The van der Waals surface area contributed by atoms with Crippen LogP contribution >= 0.6 is 46.4 Å². The molecule has 4 rings (SSSR count). The minimum atomic E-state index is -0.212. The fourth-order valence-corrected chi connectivity index (χ4v) is 4.95. The van der Waals surface area contributed by atoms with Crippen molar-refractivity contribution < 1.29 is 9.53 Å². The predicted molar refractivity (Wildman–Crippen MR) is 128 cm³/mol. The zero-order valence-electron chi connectivity index (χ0n) is 16.5. The fourth-order valence-electron chi connectivity index (χ4n) is 4.29. The monoisotopic (exact) mass is 492 g/mol. The van der Waals surface area contributed by atoms with E-state index < -0.39 is 0 Å². The van der Waals surface area contributed by atoms with Crippen LogP contribution in [0.5, 0.6) is 5.75 Å². The third kappa shape index (κ3) is 5.21. The molecule has 0 aliphatic heterocycles. The summed E-state index contributed by atoms with van der Waals surface area (Å²) in [6.07, 6.45) is 1.52. The van der Waals surface area contributed by atoms with E-state index in [0.717, 1.165) is 17.7 Å². The summed E-state index contributed by atoms with van der Waals surface area (Å²) in [4.78, 5) is 13.5. The van der Waals surface area contributed by atoms with Crippen molar-refractivity contribution in [2.75, 3.05) is 6.61 Å². The molecule has 0 heterocycles. The molecule has 0 bridgehead atoms. The normalized spacial score (nSPS) is 20.6. The fraction of sp³-hybridized carbons (Fsp3) is 0.240. The highest BCUT2D eigenvalue weighted by molar-refractivity contribution is 6.42. The van der Waals surface area contributed by atoms with Gasteiger partial charge in [0.2, 0.25) is 0 Å². The molecule has 0 aromatic heterocycles. The van der Waals surface area contributed by atoms with Crippen LogP contribution in [0.1, 0.15) is 34.7 Å². The van der Waals surface area contributed by atoms with Gasteiger partial charge in [0, 0.05) is 16.5 Å². The SMILES string of the molecule is O=C(c1ccccc1Cl)C1C[C@@H](COc2ccc(Cl)cc2)CC1c1ccc(Cl)c(Cl)c1. The minimum Gasteiger partial charge on any atom is -0.493 e. The molecule has 1 saturated carbocycles. The zero-order chi connectivity index (χ0) is 22.0. The largest absolute Gasteiger partial charge is 0.493 e. The number of rotatable bonds is 6. The van der Waals surface area contributed by atoms with Crippen molar-refractivity contribution in [1.82, 2.24) is 0 Å². The van der Waals surface area contributed by atoms with Gasteiger partial charge in [0.15, 0.2) is 5.78 Å². The van der Waals surface area contributed by atoms with E-state index in [9.17, 15) is 4.79 Å². The maximum Gasteiger partial charge on any atom is 0.168 e. The van der Waals surface area contributed by atoms with Crippen LogP contribution in [-0.4, -0.2) is 12.4 Å². The van der Waals surface area contributed by atoms with Gasteiger partial charge < -0.3 is 4.74 Å². The number of halogens is 4. The first-order valence-electron chi connectivity index (χ1n) is 10.0. The number of benzene rings is 3.